The number of rotatable bonds is 8. The van der Waals surface area contributed by atoms with E-state index in [4.69, 9.17) is 28.4 Å². The number of benzene rings is 2. The van der Waals surface area contributed by atoms with Crippen molar-refractivity contribution in [3.05, 3.63) is 65.7 Å². The van der Waals surface area contributed by atoms with Gasteiger partial charge in [0.05, 0.1) is 79.3 Å². The van der Waals surface area contributed by atoms with Crippen LogP contribution in [0.3, 0.4) is 0 Å². The van der Waals surface area contributed by atoms with Gasteiger partial charge in [0, 0.05) is 38.9 Å². The zero-order valence-electron chi connectivity index (χ0n) is 22.0. The van der Waals surface area contributed by atoms with E-state index in [1.54, 1.807) is 21.6 Å². The van der Waals surface area contributed by atoms with Gasteiger partial charge in [0.25, 0.3) is 0 Å². The molecule has 3 rings (SSSR count). The molecule has 0 radical (unpaired) electrons. The number of ether oxygens (including phenoxy) is 6. The Morgan fingerprint density at radius 3 is 1.74 bits per heavy atom. The van der Waals surface area contributed by atoms with E-state index in [9.17, 15) is 4.21 Å². The minimum atomic E-state index is -1.05. The van der Waals surface area contributed by atoms with Gasteiger partial charge in [-0.25, -0.2) is 0 Å². The maximum atomic E-state index is 13.2. The Kier molecular flexibility index (Phi) is 17.4. The monoisotopic (exact) mass is 584 g/mol. The summed E-state index contributed by atoms with van der Waals surface area (Å²) >= 11 is 0. The maximum Gasteiger partial charge on any atom is 0.0701 e. The first-order chi connectivity index (χ1) is 18.8. The van der Waals surface area contributed by atoms with Gasteiger partial charge in [-0.2, -0.15) is 0 Å². The molecule has 0 bridgehead atoms. The van der Waals surface area contributed by atoms with Gasteiger partial charge in [0.1, 0.15) is 0 Å². The average Bonchev–Trinajstić information content (AvgIpc) is 2.93. The van der Waals surface area contributed by atoms with Gasteiger partial charge < -0.3 is 28.4 Å². The van der Waals surface area contributed by atoms with E-state index in [0.29, 0.717) is 90.8 Å². The Morgan fingerprint density at radius 1 is 0.658 bits per heavy atom. The van der Waals surface area contributed by atoms with Gasteiger partial charge in [-0.05, 0) is 17.2 Å². The molecule has 212 valence electrons. The molecule has 0 amide bonds. The van der Waals surface area contributed by atoms with E-state index in [1.165, 1.54) is 5.56 Å². The van der Waals surface area contributed by atoms with Crippen molar-refractivity contribution < 1.29 is 32.6 Å². The van der Waals surface area contributed by atoms with Crippen molar-refractivity contribution in [3.8, 4) is 0 Å². The highest BCUT2D eigenvalue weighted by molar-refractivity contribution is 8.76. The average molecular weight is 585 g/mol. The Morgan fingerprint density at radius 2 is 1.16 bits per heavy atom. The summed E-state index contributed by atoms with van der Waals surface area (Å²) in [6.07, 6.45) is 0. The van der Waals surface area contributed by atoms with E-state index in [2.05, 4.69) is 36.4 Å². The van der Waals surface area contributed by atoms with Crippen LogP contribution >= 0.6 is 21.6 Å². The van der Waals surface area contributed by atoms with Crippen molar-refractivity contribution >= 4 is 32.4 Å². The third-order valence-corrected chi connectivity index (χ3v) is 9.36. The van der Waals surface area contributed by atoms with Crippen molar-refractivity contribution in [1.82, 2.24) is 0 Å². The Bertz CT molecular complexity index is 868. The molecule has 1 aliphatic rings. The lowest BCUT2D eigenvalue weighted by Gasteiger charge is -2.18. The highest BCUT2D eigenvalue weighted by Gasteiger charge is 2.16. The maximum absolute atomic E-state index is 13.2. The fourth-order valence-electron chi connectivity index (χ4n) is 3.58. The Labute approximate surface area is 237 Å². The third-order valence-electron chi connectivity index (χ3n) is 5.49. The molecular weight excluding hydrogens is 545 g/mol. The molecule has 0 spiro atoms. The third kappa shape index (κ3) is 14.4. The van der Waals surface area contributed by atoms with Crippen molar-refractivity contribution in [3.63, 3.8) is 0 Å². The fraction of sp³-hybridized carbons (Fsp3) is 0.571. The van der Waals surface area contributed by atoms with Gasteiger partial charge in [0.15, 0.2) is 0 Å². The first-order valence-electron chi connectivity index (χ1n) is 13.0. The molecule has 1 saturated heterocycles. The highest BCUT2D eigenvalue weighted by Crippen LogP contribution is 2.36. The topological polar surface area (TPSA) is 72.5 Å². The minimum absolute atomic E-state index is 0.0249. The molecule has 2 aromatic rings. The normalized spacial score (nSPS) is 19.2. The van der Waals surface area contributed by atoms with Crippen LogP contribution in [0, 0.1) is 5.92 Å². The molecule has 1 fully saturated rings. The van der Waals surface area contributed by atoms with Crippen LogP contribution in [0.2, 0.25) is 0 Å². The molecule has 38 heavy (non-hydrogen) atoms. The van der Waals surface area contributed by atoms with Gasteiger partial charge in [0.2, 0.25) is 0 Å². The molecule has 0 aromatic heterocycles. The van der Waals surface area contributed by atoms with Crippen LogP contribution in [0.1, 0.15) is 11.1 Å². The lowest BCUT2D eigenvalue weighted by molar-refractivity contribution is -0.0122. The molecule has 0 aliphatic carbocycles. The van der Waals surface area contributed by atoms with Crippen LogP contribution in [0.5, 0.6) is 0 Å². The molecule has 1 unspecified atom stereocenters. The fourth-order valence-corrected chi connectivity index (χ4v) is 7.45. The summed E-state index contributed by atoms with van der Waals surface area (Å²) in [6.45, 7) is 6.07. The summed E-state index contributed by atoms with van der Waals surface area (Å²) in [7, 11) is 2.49. The summed E-state index contributed by atoms with van der Waals surface area (Å²) in [6, 6.07) is 18.7. The molecule has 7 nitrogen and oxygen atoms in total. The summed E-state index contributed by atoms with van der Waals surface area (Å²) in [5.41, 5.74) is 2.41. The quantitative estimate of drug-likeness (QED) is 0.414. The van der Waals surface area contributed by atoms with E-state index >= 15 is 0 Å². The van der Waals surface area contributed by atoms with Gasteiger partial charge in [-0.15, -0.1) is 0 Å². The predicted octanol–water partition coefficient (Wildman–Crippen LogP) is 4.61. The second kappa shape index (κ2) is 20.9. The predicted molar refractivity (Wildman–Crippen MR) is 155 cm³/mol. The van der Waals surface area contributed by atoms with Crippen LogP contribution in [0.4, 0.5) is 0 Å². The molecule has 0 saturated carbocycles. The van der Waals surface area contributed by atoms with Crippen LogP contribution in [-0.4, -0.2) is 89.2 Å². The van der Waals surface area contributed by atoms with Crippen molar-refractivity contribution in [2.75, 3.05) is 85.0 Å². The van der Waals surface area contributed by atoms with Crippen LogP contribution in [0.15, 0.2) is 59.5 Å². The molecule has 0 N–H and O–H groups in total. The summed E-state index contributed by atoms with van der Waals surface area (Å²) in [5.74, 6) is 1.97. The zero-order chi connectivity index (χ0) is 26.5. The smallest absolute Gasteiger partial charge is 0.0701 e. The van der Waals surface area contributed by atoms with E-state index in [0.717, 1.165) is 16.2 Å². The van der Waals surface area contributed by atoms with Crippen LogP contribution < -0.4 is 0 Å². The van der Waals surface area contributed by atoms with Crippen LogP contribution in [0.25, 0.3) is 0 Å². The molecule has 10 heteroatoms. The lowest BCUT2D eigenvalue weighted by Crippen LogP contribution is -2.25. The summed E-state index contributed by atoms with van der Waals surface area (Å²) < 4.78 is 46.9. The largest absolute Gasteiger partial charge is 0.379 e. The number of hydrogen-bond acceptors (Lipinski definition) is 9. The van der Waals surface area contributed by atoms with Crippen LogP contribution in [-0.2, 0) is 50.7 Å². The second-order valence-corrected chi connectivity index (χ2v) is 12.5. The molecule has 1 aliphatic heterocycles. The van der Waals surface area contributed by atoms with Crippen molar-refractivity contribution in [1.29, 1.82) is 0 Å². The van der Waals surface area contributed by atoms with Gasteiger partial charge in [-0.1, -0.05) is 70.1 Å². The van der Waals surface area contributed by atoms with Crippen molar-refractivity contribution in [2.24, 2.45) is 5.92 Å². The molecule has 1 heterocycles. The van der Waals surface area contributed by atoms with E-state index in [1.807, 2.05) is 18.2 Å². The Hall–Kier alpha value is -0.950. The minimum Gasteiger partial charge on any atom is -0.379 e. The first-order valence-corrected chi connectivity index (χ1v) is 16.8. The molecule has 1 atom stereocenters. The number of hydrogen-bond donors (Lipinski definition) is 0. The summed E-state index contributed by atoms with van der Waals surface area (Å²) in [4.78, 5) is 1.16. The molecular formula is C28H40O7S3. The second-order valence-electron chi connectivity index (χ2n) is 8.66. The highest BCUT2D eigenvalue weighted by atomic mass is 33.1. The Balaban J connectivity index is 1.46. The van der Waals surface area contributed by atoms with Gasteiger partial charge in [-0.3, -0.25) is 4.21 Å². The standard InChI is InChI=1S/C28H40O7S3/c29-38(24-27-8-4-5-9-28(27)37-36-22-25-6-2-1-3-7-25)23-26-20-34-18-16-32-14-12-30-10-11-31-13-15-33-17-19-35-21-26/h1-9,26H,10-24H2. The van der Waals surface area contributed by atoms with Crippen molar-refractivity contribution in [2.45, 2.75) is 16.4 Å². The molecule has 2 aromatic carbocycles. The first kappa shape index (κ1) is 31.6. The summed E-state index contributed by atoms with van der Waals surface area (Å²) in [5, 5.41) is 0. The lowest BCUT2D eigenvalue weighted by atomic mass is 10.2. The van der Waals surface area contributed by atoms with Gasteiger partial charge >= 0.3 is 0 Å². The SMILES string of the molecule is O=S(Cc1ccccc1SSCc1ccccc1)CC1COCCOCCOCCOCCOCCOC1. The van der Waals surface area contributed by atoms with E-state index in [-0.39, 0.29) is 5.92 Å². The zero-order valence-corrected chi connectivity index (χ0v) is 24.4. The van der Waals surface area contributed by atoms with E-state index < -0.39 is 10.8 Å².